The minimum Gasteiger partial charge on any atom is -0.464 e. The third-order valence-electron chi connectivity index (χ3n) is 3.31. The number of hydrogen-bond donors (Lipinski definition) is 2. The number of hydrogen-bond acceptors (Lipinski definition) is 6. The number of aliphatic imine (C=N–C) groups is 1. The normalized spacial score (nSPS) is 12.5. The molecule has 9 heteroatoms. The summed E-state index contributed by atoms with van der Waals surface area (Å²) in [4.78, 5) is 43.5. The van der Waals surface area contributed by atoms with E-state index in [9.17, 15) is 14.4 Å². The average Bonchev–Trinajstić information content (AvgIpc) is 2.54. The molecule has 0 fully saturated rings. The molecule has 1 atom stereocenters. The van der Waals surface area contributed by atoms with Crippen LogP contribution in [0, 0.1) is 0 Å². The van der Waals surface area contributed by atoms with Crippen molar-refractivity contribution >= 4 is 23.5 Å². The van der Waals surface area contributed by atoms with Crippen molar-refractivity contribution < 1.29 is 14.3 Å². The standard InChI is InChI=1S/C16H25N5O4/c1-4-12(16(24)25-5-2)21-10-9-19-14(15(21)23)18-8-6-7-13(22)20-11(3)17/h9-10,12H,4-8H2,1-3H3,(H,18,19)(H2,17,20,22)/t12-/m0/s1. The van der Waals surface area contributed by atoms with Crippen LogP contribution in [0.25, 0.3) is 0 Å². The number of nitrogens with one attached hydrogen (secondary N) is 1. The van der Waals surface area contributed by atoms with Gasteiger partial charge in [-0.05, 0) is 26.7 Å². The summed E-state index contributed by atoms with van der Waals surface area (Å²) in [7, 11) is 0. The monoisotopic (exact) mass is 351 g/mol. The highest BCUT2D eigenvalue weighted by Gasteiger charge is 2.21. The summed E-state index contributed by atoms with van der Waals surface area (Å²) in [6.45, 7) is 5.67. The van der Waals surface area contributed by atoms with Gasteiger partial charge < -0.3 is 15.8 Å². The first kappa shape index (κ1) is 20.3. The molecule has 3 N–H and O–H groups in total. The molecule has 0 saturated carbocycles. The molecule has 0 bridgehead atoms. The minimum atomic E-state index is -0.695. The molecule has 0 saturated heterocycles. The van der Waals surface area contributed by atoms with E-state index in [1.165, 1.54) is 17.0 Å². The first-order valence-electron chi connectivity index (χ1n) is 8.21. The first-order valence-corrected chi connectivity index (χ1v) is 8.21. The fourth-order valence-corrected chi connectivity index (χ4v) is 2.21. The van der Waals surface area contributed by atoms with Gasteiger partial charge in [-0.25, -0.2) is 14.8 Å². The fourth-order valence-electron chi connectivity index (χ4n) is 2.21. The molecule has 1 amide bonds. The molecule has 0 radical (unpaired) electrons. The largest absolute Gasteiger partial charge is 0.464 e. The number of ether oxygens (including phenoxy) is 1. The van der Waals surface area contributed by atoms with E-state index in [0.29, 0.717) is 19.4 Å². The van der Waals surface area contributed by atoms with E-state index in [2.05, 4.69) is 15.3 Å². The molecule has 0 aromatic carbocycles. The van der Waals surface area contributed by atoms with Gasteiger partial charge in [0.25, 0.3) is 5.56 Å². The number of amidine groups is 1. The van der Waals surface area contributed by atoms with Crippen LogP contribution in [0.3, 0.4) is 0 Å². The summed E-state index contributed by atoms with van der Waals surface area (Å²) in [5, 5.41) is 2.88. The Morgan fingerprint density at radius 2 is 2.16 bits per heavy atom. The van der Waals surface area contributed by atoms with E-state index in [4.69, 9.17) is 10.5 Å². The van der Waals surface area contributed by atoms with Crippen molar-refractivity contribution in [3.8, 4) is 0 Å². The van der Waals surface area contributed by atoms with Crippen LogP contribution in [0.2, 0.25) is 0 Å². The fraction of sp³-hybridized carbons (Fsp3) is 0.562. The van der Waals surface area contributed by atoms with Crippen LogP contribution >= 0.6 is 0 Å². The number of carbonyl (C=O) groups excluding carboxylic acids is 2. The first-order chi connectivity index (χ1) is 11.9. The van der Waals surface area contributed by atoms with Crippen LogP contribution in [0.15, 0.2) is 22.2 Å². The molecule has 0 spiro atoms. The number of nitrogens with two attached hydrogens (primary N) is 1. The second kappa shape index (κ2) is 10.2. The Bertz CT molecular complexity index is 679. The molecule has 0 aliphatic rings. The number of nitrogens with zero attached hydrogens (tertiary/aromatic N) is 3. The number of aromatic nitrogens is 2. The van der Waals surface area contributed by atoms with Gasteiger partial charge in [-0.3, -0.25) is 14.2 Å². The van der Waals surface area contributed by atoms with Crippen molar-refractivity contribution in [2.75, 3.05) is 18.5 Å². The number of anilines is 1. The van der Waals surface area contributed by atoms with Crippen molar-refractivity contribution in [3.05, 3.63) is 22.7 Å². The zero-order valence-corrected chi connectivity index (χ0v) is 14.8. The SMILES string of the molecule is CCOC(=O)[C@H](CC)n1ccnc(NCCCC(=O)N=C(C)N)c1=O. The van der Waals surface area contributed by atoms with E-state index in [0.717, 1.165) is 0 Å². The molecular formula is C16H25N5O4. The van der Waals surface area contributed by atoms with Gasteiger partial charge in [-0.2, -0.15) is 0 Å². The maximum atomic E-state index is 12.5. The molecular weight excluding hydrogens is 326 g/mol. The Balaban J connectivity index is 2.74. The van der Waals surface area contributed by atoms with Gasteiger partial charge in [-0.15, -0.1) is 0 Å². The smallest absolute Gasteiger partial charge is 0.329 e. The summed E-state index contributed by atoms with van der Waals surface area (Å²) in [5.74, 6) is -0.426. The number of esters is 1. The minimum absolute atomic E-state index is 0.121. The zero-order chi connectivity index (χ0) is 18.8. The molecule has 9 nitrogen and oxygen atoms in total. The molecule has 1 aromatic rings. The van der Waals surface area contributed by atoms with Crippen molar-refractivity contribution in [3.63, 3.8) is 0 Å². The second-order valence-corrected chi connectivity index (χ2v) is 5.34. The molecule has 0 aliphatic heterocycles. The van der Waals surface area contributed by atoms with Gasteiger partial charge in [0.1, 0.15) is 6.04 Å². The van der Waals surface area contributed by atoms with Gasteiger partial charge in [0.15, 0.2) is 5.82 Å². The highest BCUT2D eigenvalue weighted by Crippen LogP contribution is 2.11. The third kappa shape index (κ3) is 6.36. The Morgan fingerprint density at radius 3 is 2.76 bits per heavy atom. The number of carbonyl (C=O) groups is 2. The summed E-state index contributed by atoms with van der Waals surface area (Å²) in [5.41, 5.74) is 4.92. The van der Waals surface area contributed by atoms with E-state index < -0.39 is 17.6 Å². The predicted molar refractivity (Wildman–Crippen MR) is 94.5 cm³/mol. The van der Waals surface area contributed by atoms with E-state index in [1.54, 1.807) is 20.8 Å². The highest BCUT2D eigenvalue weighted by molar-refractivity contribution is 5.92. The van der Waals surface area contributed by atoms with Crippen LogP contribution in [-0.2, 0) is 14.3 Å². The summed E-state index contributed by atoms with van der Waals surface area (Å²) < 4.78 is 6.31. The topological polar surface area (TPSA) is 129 Å². The van der Waals surface area contributed by atoms with E-state index >= 15 is 0 Å². The molecule has 1 aromatic heterocycles. The lowest BCUT2D eigenvalue weighted by Crippen LogP contribution is -2.32. The molecule has 1 heterocycles. The summed E-state index contributed by atoms with van der Waals surface area (Å²) >= 11 is 0. The van der Waals surface area contributed by atoms with Crippen molar-refractivity contribution in [1.29, 1.82) is 0 Å². The highest BCUT2D eigenvalue weighted by atomic mass is 16.5. The second-order valence-electron chi connectivity index (χ2n) is 5.34. The van der Waals surface area contributed by atoms with Crippen LogP contribution in [0.1, 0.15) is 46.1 Å². The molecule has 1 rings (SSSR count). The third-order valence-corrected chi connectivity index (χ3v) is 3.31. The Morgan fingerprint density at radius 1 is 1.44 bits per heavy atom. The molecule has 0 aliphatic carbocycles. The maximum Gasteiger partial charge on any atom is 0.329 e. The van der Waals surface area contributed by atoms with E-state index in [-0.39, 0.29) is 30.6 Å². The van der Waals surface area contributed by atoms with E-state index in [1.807, 2.05) is 0 Å². The predicted octanol–water partition coefficient (Wildman–Crippen LogP) is 0.853. The zero-order valence-electron chi connectivity index (χ0n) is 14.8. The lowest BCUT2D eigenvalue weighted by atomic mass is 10.2. The van der Waals surface area contributed by atoms with Crippen molar-refractivity contribution in [2.45, 2.75) is 46.1 Å². The van der Waals surface area contributed by atoms with Gasteiger partial charge in [-0.1, -0.05) is 6.92 Å². The van der Waals surface area contributed by atoms with Crippen LogP contribution in [-0.4, -0.2) is 40.4 Å². The molecule has 138 valence electrons. The van der Waals surface area contributed by atoms with Gasteiger partial charge in [0.05, 0.1) is 12.4 Å². The Kier molecular flexibility index (Phi) is 8.31. The van der Waals surface area contributed by atoms with Crippen LogP contribution in [0.4, 0.5) is 5.82 Å². The summed E-state index contributed by atoms with van der Waals surface area (Å²) in [6.07, 6.45) is 4.01. The van der Waals surface area contributed by atoms with Crippen molar-refractivity contribution in [1.82, 2.24) is 9.55 Å². The molecule has 0 unspecified atom stereocenters. The Labute approximate surface area is 146 Å². The lowest BCUT2D eigenvalue weighted by Gasteiger charge is -2.17. The average molecular weight is 351 g/mol. The lowest BCUT2D eigenvalue weighted by molar-refractivity contribution is -0.147. The number of amides is 1. The number of rotatable bonds is 9. The summed E-state index contributed by atoms with van der Waals surface area (Å²) in [6, 6.07) is -0.695. The van der Waals surface area contributed by atoms with Gasteiger partial charge >= 0.3 is 5.97 Å². The van der Waals surface area contributed by atoms with Crippen LogP contribution in [0.5, 0.6) is 0 Å². The van der Waals surface area contributed by atoms with Crippen molar-refractivity contribution in [2.24, 2.45) is 10.7 Å². The Hall–Kier alpha value is -2.71. The van der Waals surface area contributed by atoms with Gasteiger partial charge in [0.2, 0.25) is 5.91 Å². The molecule has 25 heavy (non-hydrogen) atoms. The van der Waals surface area contributed by atoms with Gasteiger partial charge in [0, 0.05) is 25.4 Å². The quantitative estimate of drug-likeness (QED) is 0.292. The van der Waals surface area contributed by atoms with Crippen LogP contribution < -0.4 is 16.6 Å². The maximum absolute atomic E-state index is 12.5.